The molecule has 3 N–H and O–H groups in total. The Morgan fingerprint density at radius 2 is 1.18 bits per heavy atom. The van der Waals surface area contributed by atoms with Gasteiger partial charge in [-0.1, -0.05) is 81.8 Å². The molecule has 8 bridgehead atoms. The fraction of sp³-hybridized carbons (Fsp3) is 0.786. The molecule has 8 saturated carbocycles. The normalized spacial score (nSPS) is 29.2. The van der Waals surface area contributed by atoms with Crippen LogP contribution >= 0.6 is 66.4 Å². The largest absolute Gasteiger partial charge is 1.00 e. The smallest absolute Gasteiger partial charge is 0.870 e. The Labute approximate surface area is 578 Å². The summed E-state index contributed by atoms with van der Waals surface area (Å²) >= 11 is 13.2. The van der Waals surface area contributed by atoms with E-state index in [0.29, 0.717) is 55.9 Å². The first-order valence-electron chi connectivity index (χ1n) is 27.1. The van der Waals surface area contributed by atoms with Crippen LogP contribution in [-0.2, 0) is 66.4 Å². The molecule has 9 rings (SSSR count). The van der Waals surface area contributed by atoms with Gasteiger partial charge in [-0.25, -0.2) is 0 Å². The summed E-state index contributed by atoms with van der Waals surface area (Å²) in [5.41, 5.74) is -1.44. The topological polar surface area (TPSA) is 225 Å². The van der Waals surface area contributed by atoms with E-state index >= 15 is 0 Å². The molecule has 0 spiro atoms. The second kappa shape index (κ2) is 48.3. The fourth-order valence-corrected chi connectivity index (χ4v) is 12.8. The summed E-state index contributed by atoms with van der Waals surface area (Å²) in [4.78, 5) is 88.0. The van der Waals surface area contributed by atoms with Gasteiger partial charge in [0.05, 0.1) is 24.4 Å². The molecule has 13 nitrogen and oxygen atoms in total. The summed E-state index contributed by atoms with van der Waals surface area (Å²) in [5.74, 6) is 2.52. The van der Waals surface area contributed by atoms with E-state index in [1.165, 1.54) is 65.7 Å². The molecule has 0 amide bonds. The molecule has 0 aromatic rings. The third-order valence-corrected chi connectivity index (χ3v) is 15.3. The maximum Gasteiger partial charge on any atom is 1.00 e. The molecule has 441 valence electrons. The number of fused-ring (bicyclic) bond motifs is 8. The Morgan fingerprint density at radius 3 is 1.64 bits per heavy atom. The van der Waals surface area contributed by atoms with Crippen LogP contribution in [0.15, 0.2) is 12.2 Å². The minimum Gasteiger partial charge on any atom is -0.870 e. The van der Waals surface area contributed by atoms with Crippen LogP contribution in [0, 0.1) is 81.5 Å². The molecule has 9 atom stereocenters. The molecule has 0 heterocycles. The van der Waals surface area contributed by atoms with Gasteiger partial charge in [-0.15, -0.1) is 0 Å². The second-order valence-electron chi connectivity index (χ2n) is 20.6. The summed E-state index contributed by atoms with van der Waals surface area (Å²) in [6.45, 7) is 9.45. The molecular weight excluding hydrogens is 1560 g/mol. The van der Waals surface area contributed by atoms with Crippen molar-refractivity contribution in [2.75, 3.05) is 13.2 Å². The van der Waals surface area contributed by atoms with Crippen molar-refractivity contribution >= 4 is 113 Å². The summed E-state index contributed by atoms with van der Waals surface area (Å²) < 4.78 is 15.2. The Bertz CT molecular complexity index is 1720. The van der Waals surface area contributed by atoms with E-state index < -0.39 is 29.1 Å². The van der Waals surface area contributed by atoms with Crippen LogP contribution in [0.2, 0.25) is 0 Å². The number of allylic oxidation sites excluding steroid dienone is 2. The number of aliphatic hydroxyl groups is 2. The summed E-state index contributed by atoms with van der Waals surface area (Å²) in [5, 5.41) is 20.0. The molecule has 21 heteroatoms. The molecule has 0 aromatic carbocycles. The van der Waals surface area contributed by atoms with E-state index in [2.05, 4.69) is 67.1 Å². The van der Waals surface area contributed by atoms with Crippen molar-refractivity contribution in [1.29, 1.82) is 0 Å². The van der Waals surface area contributed by atoms with Crippen LogP contribution in [0.1, 0.15) is 217 Å². The second-order valence-corrected chi connectivity index (χ2v) is 37.6. The third kappa shape index (κ3) is 38.1. The van der Waals surface area contributed by atoms with Crippen LogP contribution in [0.3, 0.4) is 0 Å². The summed E-state index contributed by atoms with van der Waals surface area (Å²) in [6.07, 6.45) is 28.5. The van der Waals surface area contributed by atoms with Gasteiger partial charge in [-0.3, -0.25) is 38.4 Å². The average molecular weight is 1660 g/mol. The van der Waals surface area contributed by atoms with Gasteiger partial charge in [0.2, 0.25) is 0 Å². The molecule has 9 unspecified atom stereocenters. The van der Waals surface area contributed by atoms with E-state index in [4.69, 9.17) is 6.11 Å². The van der Waals surface area contributed by atoms with Crippen molar-refractivity contribution in [1.82, 2.24) is 0 Å². The van der Waals surface area contributed by atoms with Crippen molar-refractivity contribution in [2.24, 2.45) is 35.5 Å². The number of esters is 2. The molecule has 0 saturated heterocycles. The van der Waals surface area contributed by atoms with Gasteiger partial charge >= 0.3 is 63.3 Å². The van der Waals surface area contributed by atoms with Crippen LogP contribution < -0.4 is 51.4 Å². The Balaban J connectivity index is -0.000000194. The number of Topliss-reactive ketones (excluding diaryl/α,β-unsaturated/α-hetero) is 5. The molecule has 77 heavy (non-hydrogen) atoms. The zero-order chi connectivity index (χ0) is 54.5. The van der Waals surface area contributed by atoms with Crippen molar-refractivity contribution < 1.29 is 166 Å². The van der Waals surface area contributed by atoms with Gasteiger partial charge in [0.15, 0.2) is 5.78 Å². The number of ketones is 6. The number of hydrogen-bond acceptors (Lipinski definition) is 13. The first-order chi connectivity index (χ1) is 34.0. The van der Waals surface area contributed by atoms with Crippen LogP contribution in [0.5, 0.6) is 0 Å². The summed E-state index contributed by atoms with van der Waals surface area (Å²) in [7, 11) is 1.25. The van der Waals surface area contributed by atoms with Crippen molar-refractivity contribution in [2.45, 2.75) is 231 Å². The zero-order valence-corrected chi connectivity index (χ0v) is 63.9. The van der Waals surface area contributed by atoms with Crippen molar-refractivity contribution in [3.05, 3.63) is 27.0 Å². The minimum absolute atomic E-state index is 0. The number of hydrogen-bond donors (Lipinski definition) is 2. The van der Waals surface area contributed by atoms with E-state index in [-0.39, 0.29) is 172 Å². The van der Waals surface area contributed by atoms with Gasteiger partial charge in [0.25, 0.3) is 0 Å². The fourth-order valence-electron chi connectivity index (χ4n) is 11.8. The molecule has 9 aliphatic rings. The Morgan fingerprint density at radius 1 is 0.714 bits per heavy atom. The van der Waals surface area contributed by atoms with Gasteiger partial charge < -0.3 is 40.0 Å². The van der Waals surface area contributed by atoms with Crippen LogP contribution in [-0.4, -0.2) is 91.1 Å². The SMILES string of the molecule is BrP(Br)Br.CC.CCOC(=O)C1C(=O)CC2(O)CCCC1C2.CCOC(=O)CC(C)=O.O=C1C=CCCC1.O=C1CC2CCCC(Br)(C1)C2.O=C1CC2CCCC(C1)C2.O=C1CC2CCCC(O)(C1)C2.[3H]C.[CH3-].[CH3-].[K+].[OH-].[U].[V]. The van der Waals surface area contributed by atoms with Gasteiger partial charge in [0.1, 0.15) is 45.3 Å². The standard InChI is InChI=1S/C12H18O4.C9H13BrO.C9H14O2.C9H14O.C6H10O3.C6H8O.C2H6.CH4.2CH3.Br3P.K.H2O.U.V/c1-2-16-11(14)10-8-4-3-5-12(15,6-8)7-9(10)13;10-9-3-1-2-7(5-9)4-8(11)6-9;10-8-4-7-2-1-3-9(11,5-7)6-8;10-9-5-7-2-1-3-8(4-7)6-9;1-3-9-6(8)4-5(2)7;7-6-4-2-1-3-5-6;1-2;;;;1-4(2)3;;;;/h8,10,15H,2-7H2,1H3;7H,1-6H2;7,11H,1-6H2;7-8H,1-6H2;3-4H2,1-2H3;2,4H,1,3,5H2;1-2H3;1H4;2*1H3;;;1H2;;/q;;;;;;;;2*-1;;+1;;;/p-1/i;;;;;;;1T;;;;;;;. The third-order valence-electron chi connectivity index (χ3n) is 14.3. The number of ether oxygens (including phenoxy) is 2. The predicted molar refractivity (Wildman–Crippen MR) is 312 cm³/mol. The number of alkyl halides is 1. The van der Waals surface area contributed by atoms with E-state index in [9.17, 15) is 48.6 Å². The Kier molecular flexibility index (Phi) is 55.2. The maximum atomic E-state index is 11.9. The molecule has 0 aliphatic heterocycles. The van der Waals surface area contributed by atoms with Gasteiger partial charge in [-0.2, -0.15) is 0 Å². The molecular formula is C56H94Br4KO13PUV-2. The molecule has 8 fully saturated rings. The van der Waals surface area contributed by atoms with E-state index in [1.54, 1.807) is 19.9 Å². The molecule has 0 aromatic heterocycles. The van der Waals surface area contributed by atoms with E-state index in [0.717, 1.165) is 102 Å². The Hall–Kier alpha value is 2.20. The minimum atomic E-state index is -0.844. The average Bonchev–Trinajstić information content (AvgIpc) is 3.27. The quantitative estimate of drug-likeness (QED) is 0.0653. The van der Waals surface area contributed by atoms with Crippen LogP contribution in [0.25, 0.3) is 0 Å². The molecule has 9 aliphatic carbocycles. The zero-order valence-electron chi connectivity index (χ0n) is 49.0. The van der Waals surface area contributed by atoms with Gasteiger partial charge in [0, 0.05) is 107 Å². The first kappa shape index (κ1) is 88.0. The molecule has 1 radical (unpaired) electrons. The number of halogens is 4. The van der Waals surface area contributed by atoms with E-state index in [1.807, 2.05) is 19.9 Å². The first-order valence-corrected chi connectivity index (χ1v) is 34.2. The van der Waals surface area contributed by atoms with Gasteiger partial charge in [-0.05, 0) is 180 Å². The monoisotopic (exact) mass is 1650 g/mol. The maximum absolute atomic E-state index is 11.9. The number of carbonyl (C=O) groups is 8. The van der Waals surface area contributed by atoms with Crippen molar-refractivity contribution in [3.63, 3.8) is 0 Å². The summed E-state index contributed by atoms with van der Waals surface area (Å²) in [6, 6.07) is 0. The van der Waals surface area contributed by atoms with Crippen LogP contribution in [0.4, 0.5) is 0 Å². The predicted octanol–water partition coefficient (Wildman–Crippen LogP) is 11.8. The number of rotatable bonds is 5. The van der Waals surface area contributed by atoms with Crippen molar-refractivity contribution in [3.8, 4) is 0 Å². The number of carbonyl (C=O) groups excluding carboxylic acids is 8.